The number of amides is 1. The lowest BCUT2D eigenvalue weighted by Crippen LogP contribution is -2.37. The molecule has 5 nitrogen and oxygen atoms in total. The number of carbonyl (C=O) groups excluding carboxylic acids is 1. The Morgan fingerprint density at radius 2 is 2.38 bits per heavy atom. The van der Waals surface area contributed by atoms with Crippen molar-refractivity contribution in [1.29, 1.82) is 0 Å². The van der Waals surface area contributed by atoms with Crippen LogP contribution in [0.25, 0.3) is 0 Å². The Morgan fingerprint density at radius 1 is 1.69 bits per heavy atom. The highest BCUT2D eigenvalue weighted by molar-refractivity contribution is 5.77. The fourth-order valence-corrected chi connectivity index (χ4v) is 1.16. The van der Waals surface area contributed by atoms with Gasteiger partial charge in [0.25, 0.3) is 0 Å². The number of ether oxygens (including phenoxy) is 2. The molecule has 1 unspecified atom stereocenters. The van der Waals surface area contributed by atoms with Crippen LogP contribution >= 0.6 is 0 Å². The van der Waals surface area contributed by atoms with Crippen LogP contribution in [0.15, 0.2) is 0 Å². The first-order chi connectivity index (χ1) is 6.03. The van der Waals surface area contributed by atoms with Crippen LogP contribution in [-0.2, 0) is 14.3 Å². The van der Waals surface area contributed by atoms with Crippen molar-refractivity contribution < 1.29 is 14.3 Å². The van der Waals surface area contributed by atoms with E-state index in [4.69, 9.17) is 15.2 Å². The molecular weight excluding hydrogens is 172 g/mol. The average molecular weight is 188 g/mol. The van der Waals surface area contributed by atoms with Crippen molar-refractivity contribution in [3.8, 4) is 0 Å². The van der Waals surface area contributed by atoms with Crippen LogP contribution in [0, 0.1) is 0 Å². The molecular formula is C8H16N2O3. The van der Waals surface area contributed by atoms with Crippen molar-refractivity contribution in [1.82, 2.24) is 5.32 Å². The van der Waals surface area contributed by atoms with Crippen molar-refractivity contribution >= 4 is 5.91 Å². The summed E-state index contributed by atoms with van der Waals surface area (Å²) in [6, 6.07) is 0. The van der Waals surface area contributed by atoms with Crippen LogP contribution in [-0.4, -0.2) is 37.5 Å². The van der Waals surface area contributed by atoms with E-state index in [0.717, 1.165) is 0 Å². The van der Waals surface area contributed by atoms with Gasteiger partial charge in [-0.2, -0.15) is 0 Å². The summed E-state index contributed by atoms with van der Waals surface area (Å²) in [6.07, 6.45) is -0.0644. The minimum atomic E-state index is -0.530. The lowest BCUT2D eigenvalue weighted by atomic mass is 10.3. The highest BCUT2D eigenvalue weighted by Crippen LogP contribution is 2.21. The average Bonchev–Trinajstić information content (AvgIpc) is 2.41. The van der Waals surface area contributed by atoms with Gasteiger partial charge in [-0.1, -0.05) is 0 Å². The molecule has 0 aliphatic carbocycles. The second-order valence-electron chi connectivity index (χ2n) is 3.46. The van der Waals surface area contributed by atoms with E-state index in [0.29, 0.717) is 13.2 Å². The second-order valence-corrected chi connectivity index (χ2v) is 3.46. The molecule has 13 heavy (non-hydrogen) atoms. The normalized spacial score (nSPS) is 25.9. The van der Waals surface area contributed by atoms with E-state index in [9.17, 15) is 4.79 Å². The van der Waals surface area contributed by atoms with Gasteiger partial charge in [-0.3, -0.25) is 4.79 Å². The topological polar surface area (TPSA) is 73.6 Å². The summed E-state index contributed by atoms with van der Waals surface area (Å²) in [5, 5.41) is 2.64. The van der Waals surface area contributed by atoms with Gasteiger partial charge in [0.1, 0.15) is 6.10 Å². The van der Waals surface area contributed by atoms with Crippen LogP contribution < -0.4 is 11.1 Å². The molecule has 1 atom stereocenters. The standard InChI is InChI=1S/C8H16N2O3/c1-8(2)12-5-6(13-8)4-10-7(11)3-9/h6H,3-5,9H2,1-2H3,(H,10,11). The minimum absolute atomic E-state index is 0.0109. The number of rotatable bonds is 3. The highest BCUT2D eigenvalue weighted by atomic mass is 16.7. The number of nitrogens with one attached hydrogen (secondary N) is 1. The molecule has 0 aromatic rings. The lowest BCUT2D eigenvalue weighted by molar-refractivity contribution is -0.139. The predicted octanol–water partition coefficient (Wildman–Crippen LogP) is -0.787. The largest absolute Gasteiger partial charge is 0.352 e. The van der Waals surface area contributed by atoms with Crippen LogP contribution in [0.1, 0.15) is 13.8 Å². The summed E-state index contributed by atoms with van der Waals surface area (Å²) in [6.45, 7) is 4.67. The fourth-order valence-electron chi connectivity index (χ4n) is 1.16. The maximum atomic E-state index is 10.8. The van der Waals surface area contributed by atoms with Gasteiger partial charge in [0.2, 0.25) is 5.91 Å². The summed E-state index contributed by atoms with van der Waals surface area (Å²) >= 11 is 0. The molecule has 1 saturated heterocycles. The van der Waals surface area contributed by atoms with Gasteiger partial charge in [-0.25, -0.2) is 0 Å². The van der Waals surface area contributed by atoms with Crippen LogP contribution in [0.2, 0.25) is 0 Å². The molecule has 0 bridgehead atoms. The molecule has 0 aromatic heterocycles. The molecule has 0 saturated carbocycles. The summed E-state index contributed by atoms with van der Waals surface area (Å²) in [5.41, 5.74) is 5.13. The zero-order valence-electron chi connectivity index (χ0n) is 8.00. The van der Waals surface area contributed by atoms with Gasteiger partial charge in [-0.15, -0.1) is 0 Å². The molecule has 1 aliphatic heterocycles. The van der Waals surface area contributed by atoms with Crippen LogP contribution in [0.4, 0.5) is 0 Å². The van der Waals surface area contributed by atoms with Crippen molar-refractivity contribution in [2.45, 2.75) is 25.7 Å². The van der Waals surface area contributed by atoms with Gasteiger partial charge < -0.3 is 20.5 Å². The van der Waals surface area contributed by atoms with E-state index in [1.807, 2.05) is 13.8 Å². The van der Waals surface area contributed by atoms with Gasteiger partial charge in [0.15, 0.2) is 5.79 Å². The summed E-state index contributed by atoms with van der Waals surface area (Å²) in [5.74, 6) is -0.703. The van der Waals surface area contributed by atoms with Gasteiger partial charge in [-0.05, 0) is 13.8 Å². The van der Waals surface area contributed by atoms with E-state index >= 15 is 0 Å². The molecule has 1 rings (SSSR count). The molecule has 1 heterocycles. The lowest BCUT2D eigenvalue weighted by Gasteiger charge is -2.17. The third-order valence-corrected chi connectivity index (χ3v) is 1.78. The first-order valence-corrected chi connectivity index (χ1v) is 4.32. The van der Waals surface area contributed by atoms with E-state index < -0.39 is 5.79 Å². The zero-order valence-corrected chi connectivity index (χ0v) is 8.00. The van der Waals surface area contributed by atoms with E-state index in [1.54, 1.807) is 0 Å². The maximum absolute atomic E-state index is 10.8. The van der Waals surface area contributed by atoms with Crippen molar-refractivity contribution in [3.63, 3.8) is 0 Å². The Balaban J connectivity index is 2.21. The Labute approximate surface area is 77.6 Å². The first kappa shape index (κ1) is 10.4. The molecule has 5 heteroatoms. The molecule has 1 aliphatic rings. The number of hydrogen-bond acceptors (Lipinski definition) is 4. The number of carbonyl (C=O) groups is 1. The molecule has 76 valence electrons. The smallest absolute Gasteiger partial charge is 0.233 e. The van der Waals surface area contributed by atoms with E-state index in [2.05, 4.69) is 5.32 Å². The van der Waals surface area contributed by atoms with Crippen molar-refractivity contribution in [2.75, 3.05) is 19.7 Å². The second kappa shape index (κ2) is 4.04. The minimum Gasteiger partial charge on any atom is -0.352 e. The molecule has 1 fully saturated rings. The molecule has 1 amide bonds. The van der Waals surface area contributed by atoms with Crippen molar-refractivity contribution in [2.24, 2.45) is 5.73 Å². The number of hydrogen-bond donors (Lipinski definition) is 2. The molecule has 3 N–H and O–H groups in total. The summed E-state index contributed by atoms with van der Waals surface area (Å²) in [7, 11) is 0. The SMILES string of the molecule is CC1(C)OCC(CNC(=O)CN)O1. The van der Waals surface area contributed by atoms with Gasteiger partial charge >= 0.3 is 0 Å². The van der Waals surface area contributed by atoms with Gasteiger partial charge in [0.05, 0.1) is 13.2 Å². The Kier molecular flexibility index (Phi) is 3.24. The van der Waals surface area contributed by atoms with Crippen LogP contribution in [0.5, 0.6) is 0 Å². The summed E-state index contributed by atoms with van der Waals surface area (Å²) in [4.78, 5) is 10.8. The third-order valence-electron chi connectivity index (χ3n) is 1.78. The third kappa shape index (κ3) is 3.30. The quantitative estimate of drug-likeness (QED) is 0.609. The van der Waals surface area contributed by atoms with E-state index in [-0.39, 0.29) is 18.6 Å². The Morgan fingerprint density at radius 3 is 2.85 bits per heavy atom. The Bertz CT molecular complexity index is 194. The fraction of sp³-hybridized carbons (Fsp3) is 0.875. The Hall–Kier alpha value is -0.650. The zero-order chi connectivity index (χ0) is 9.90. The molecule has 0 spiro atoms. The van der Waals surface area contributed by atoms with Gasteiger partial charge in [0, 0.05) is 6.54 Å². The molecule has 0 radical (unpaired) electrons. The number of nitrogens with two attached hydrogens (primary N) is 1. The molecule has 0 aromatic carbocycles. The summed E-state index contributed by atoms with van der Waals surface area (Å²) < 4.78 is 10.8. The van der Waals surface area contributed by atoms with E-state index in [1.165, 1.54) is 0 Å². The monoisotopic (exact) mass is 188 g/mol. The first-order valence-electron chi connectivity index (χ1n) is 4.32. The van der Waals surface area contributed by atoms with Crippen molar-refractivity contribution in [3.05, 3.63) is 0 Å². The van der Waals surface area contributed by atoms with Crippen LogP contribution in [0.3, 0.4) is 0 Å². The predicted molar refractivity (Wildman–Crippen MR) is 47.0 cm³/mol. The maximum Gasteiger partial charge on any atom is 0.233 e. The highest BCUT2D eigenvalue weighted by Gasteiger charge is 2.32.